The number of hydrogen-bond acceptors (Lipinski definition) is 2. The summed E-state index contributed by atoms with van der Waals surface area (Å²) < 4.78 is 2.18. The van der Waals surface area contributed by atoms with E-state index in [2.05, 4.69) is 28.7 Å². The molecule has 0 aliphatic rings. The van der Waals surface area contributed by atoms with Crippen LogP contribution in [-0.2, 0) is 6.54 Å². The quantitative estimate of drug-likeness (QED) is 0.929. The number of carbonyl (C=O) groups excluding carboxylic acids is 1. The highest BCUT2D eigenvalue weighted by Gasteiger charge is 2.16. The van der Waals surface area contributed by atoms with Crippen molar-refractivity contribution in [2.24, 2.45) is 0 Å². The predicted molar refractivity (Wildman–Crippen MR) is 79.7 cm³/mol. The Hall–Kier alpha value is -2.10. The van der Waals surface area contributed by atoms with Gasteiger partial charge in [0.25, 0.3) is 5.91 Å². The molecule has 0 saturated heterocycles. The van der Waals surface area contributed by atoms with E-state index in [-0.39, 0.29) is 5.91 Å². The fourth-order valence-electron chi connectivity index (χ4n) is 2.58. The van der Waals surface area contributed by atoms with Gasteiger partial charge < -0.3 is 9.88 Å². The number of hydrogen-bond donors (Lipinski definition) is 1. The molecule has 0 saturated carbocycles. The van der Waals surface area contributed by atoms with Gasteiger partial charge in [0, 0.05) is 36.4 Å². The first-order valence-corrected chi connectivity index (χ1v) is 6.86. The van der Waals surface area contributed by atoms with Crippen LogP contribution in [-0.4, -0.2) is 15.5 Å². The molecular weight excluding hydrogens is 250 g/mol. The Labute approximate surface area is 119 Å². The van der Waals surface area contributed by atoms with Crippen LogP contribution >= 0.6 is 0 Å². The molecule has 2 heterocycles. The monoisotopic (exact) mass is 271 g/mol. The van der Waals surface area contributed by atoms with Gasteiger partial charge in [-0.2, -0.15) is 0 Å². The standard InChI is InChI=1S/C16H21N3O/c1-11(2)19-12(3)9-15(13(19)4)16(20)18-10-14-5-7-17-8-6-14/h5-9,11H,10H2,1-4H3,(H,18,20). The van der Waals surface area contributed by atoms with Gasteiger partial charge in [0.05, 0.1) is 5.56 Å². The van der Waals surface area contributed by atoms with Crippen molar-refractivity contribution in [2.75, 3.05) is 0 Å². The van der Waals surface area contributed by atoms with Crippen molar-refractivity contribution in [2.45, 2.75) is 40.3 Å². The van der Waals surface area contributed by atoms with Crippen LogP contribution in [0.5, 0.6) is 0 Å². The Bertz CT molecular complexity index is 600. The van der Waals surface area contributed by atoms with Gasteiger partial charge in [0.15, 0.2) is 0 Å². The van der Waals surface area contributed by atoms with E-state index in [1.165, 1.54) is 0 Å². The summed E-state index contributed by atoms with van der Waals surface area (Å²) in [5, 5.41) is 2.96. The van der Waals surface area contributed by atoms with Crippen LogP contribution in [0.3, 0.4) is 0 Å². The zero-order valence-corrected chi connectivity index (χ0v) is 12.5. The van der Waals surface area contributed by atoms with Crippen LogP contribution in [0.25, 0.3) is 0 Å². The fraction of sp³-hybridized carbons (Fsp3) is 0.375. The smallest absolute Gasteiger partial charge is 0.253 e. The van der Waals surface area contributed by atoms with Gasteiger partial charge in [-0.05, 0) is 51.5 Å². The lowest BCUT2D eigenvalue weighted by Crippen LogP contribution is -2.23. The summed E-state index contributed by atoms with van der Waals surface area (Å²) in [4.78, 5) is 16.2. The molecule has 2 rings (SSSR count). The van der Waals surface area contributed by atoms with Crippen molar-refractivity contribution >= 4 is 5.91 Å². The minimum Gasteiger partial charge on any atom is -0.348 e. The van der Waals surface area contributed by atoms with Gasteiger partial charge in [-0.3, -0.25) is 9.78 Å². The topological polar surface area (TPSA) is 46.9 Å². The molecule has 0 aromatic carbocycles. The van der Waals surface area contributed by atoms with Crippen molar-refractivity contribution in [3.8, 4) is 0 Å². The number of aromatic nitrogens is 2. The van der Waals surface area contributed by atoms with Gasteiger partial charge in [-0.15, -0.1) is 0 Å². The minimum atomic E-state index is -0.0261. The Kier molecular flexibility index (Phi) is 4.23. The predicted octanol–water partition coefficient (Wildman–Crippen LogP) is 3.01. The Morgan fingerprint density at radius 1 is 1.30 bits per heavy atom. The van der Waals surface area contributed by atoms with E-state index in [1.807, 2.05) is 32.0 Å². The molecule has 20 heavy (non-hydrogen) atoms. The maximum atomic E-state index is 12.3. The zero-order valence-electron chi connectivity index (χ0n) is 12.5. The molecule has 0 aliphatic heterocycles. The maximum absolute atomic E-state index is 12.3. The van der Waals surface area contributed by atoms with Crippen molar-refractivity contribution in [3.63, 3.8) is 0 Å². The highest BCUT2D eigenvalue weighted by atomic mass is 16.1. The minimum absolute atomic E-state index is 0.0261. The summed E-state index contributed by atoms with van der Waals surface area (Å²) in [5.41, 5.74) is 3.94. The number of pyridine rings is 1. The molecule has 0 bridgehead atoms. The third kappa shape index (κ3) is 2.90. The van der Waals surface area contributed by atoms with E-state index in [4.69, 9.17) is 0 Å². The molecule has 0 spiro atoms. The van der Waals surface area contributed by atoms with Gasteiger partial charge >= 0.3 is 0 Å². The van der Waals surface area contributed by atoms with E-state index in [0.717, 1.165) is 22.5 Å². The fourth-order valence-corrected chi connectivity index (χ4v) is 2.58. The summed E-state index contributed by atoms with van der Waals surface area (Å²) in [6.45, 7) is 8.80. The summed E-state index contributed by atoms with van der Waals surface area (Å²) in [6, 6.07) is 6.11. The van der Waals surface area contributed by atoms with E-state index in [9.17, 15) is 4.79 Å². The summed E-state index contributed by atoms with van der Waals surface area (Å²) in [5.74, 6) is -0.0261. The number of carbonyl (C=O) groups is 1. The largest absolute Gasteiger partial charge is 0.348 e. The molecule has 0 unspecified atom stereocenters. The first kappa shape index (κ1) is 14.3. The van der Waals surface area contributed by atoms with Gasteiger partial charge in [-0.1, -0.05) is 0 Å². The average Bonchev–Trinajstić information content (AvgIpc) is 2.72. The first-order valence-electron chi connectivity index (χ1n) is 6.86. The van der Waals surface area contributed by atoms with Crippen LogP contribution in [0.15, 0.2) is 30.6 Å². The number of rotatable bonds is 4. The normalized spacial score (nSPS) is 10.8. The second kappa shape index (κ2) is 5.90. The van der Waals surface area contributed by atoms with Crippen molar-refractivity contribution in [1.29, 1.82) is 0 Å². The van der Waals surface area contributed by atoms with E-state index >= 15 is 0 Å². The molecular formula is C16H21N3O. The second-order valence-electron chi connectivity index (χ2n) is 5.29. The van der Waals surface area contributed by atoms with Crippen LogP contribution in [0.2, 0.25) is 0 Å². The lowest BCUT2D eigenvalue weighted by Gasteiger charge is -2.13. The molecule has 0 fully saturated rings. The summed E-state index contributed by atoms with van der Waals surface area (Å²) in [6.07, 6.45) is 3.46. The molecule has 1 amide bonds. The maximum Gasteiger partial charge on any atom is 0.253 e. The van der Waals surface area contributed by atoms with Gasteiger partial charge in [-0.25, -0.2) is 0 Å². The second-order valence-corrected chi connectivity index (χ2v) is 5.29. The van der Waals surface area contributed by atoms with E-state index in [1.54, 1.807) is 12.4 Å². The van der Waals surface area contributed by atoms with Crippen molar-refractivity contribution < 1.29 is 4.79 Å². The molecule has 1 N–H and O–H groups in total. The Balaban J connectivity index is 2.12. The van der Waals surface area contributed by atoms with Crippen LogP contribution < -0.4 is 5.32 Å². The highest BCUT2D eigenvalue weighted by Crippen LogP contribution is 2.20. The number of aryl methyl sites for hydroxylation is 1. The van der Waals surface area contributed by atoms with Gasteiger partial charge in [0.2, 0.25) is 0 Å². The van der Waals surface area contributed by atoms with Gasteiger partial charge in [0.1, 0.15) is 0 Å². The lowest BCUT2D eigenvalue weighted by atomic mass is 10.2. The molecule has 2 aromatic heterocycles. The molecule has 0 radical (unpaired) electrons. The third-order valence-electron chi connectivity index (χ3n) is 3.45. The highest BCUT2D eigenvalue weighted by molar-refractivity contribution is 5.95. The van der Waals surface area contributed by atoms with Crippen molar-refractivity contribution in [1.82, 2.24) is 14.9 Å². The summed E-state index contributed by atoms with van der Waals surface area (Å²) in [7, 11) is 0. The molecule has 0 aliphatic carbocycles. The zero-order chi connectivity index (χ0) is 14.7. The SMILES string of the molecule is Cc1cc(C(=O)NCc2ccncc2)c(C)n1C(C)C. The van der Waals surface area contributed by atoms with E-state index in [0.29, 0.717) is 12.6 Å². The average molecular weight is 271 g/mol. The van der Waals surface area contributed by atoms with Crippen molar-refractivity contribution in [3.05, 3.63) is 53.1 Å². The van der Waals surface area contributed by atoms with Crippen LogP contribution in [0.4, 0.5) is 0 Å². The third-order valence-corrected chi connectivity index (χ3v) is 3.45. The Morgan fingerprint density at radius 2 is 1.95 bits per heavy atom. The lowest BCUT2D eigenvalue weighted by molar-refractivity contribution is 0.0950. The molecule has 0 atom stereocenters. The van der Waals surface area contributed by atoms with E-state index < -0.39 is 0 Å². The molecule has 106 valence electrons. The van der Waals surface area contributed by atoms with Crippen LogP contribution in [0, 0.1) is 13.8 Å². The number of amides is 1. The number of nitrogens with zero attached hydrogens (tertiary/aromatic N) is 2. The summed E-state index contributed by atoms with van der Waals surface area (Å²) >= 11 is 0. The Morgan fingerprint density at radius 3 is 2.50 bits per heavy atom. The molecule has 2 aromatic rings. The molecule has 4 nitrogen and oxygen atoms in total. The first-order chi connectivity index (χ1) is 9.50. The van der Waals surface area contributed by atoms with Crippen LogP contribution in [0.1, 0.15) is 47.2 Å². The number of nitrogens with one attached hydrogen (secondary N) is 1. The molecule has 4 heteroatoms.